The lowest BCUT2D eigenvalue weighted by Crippen LogP contribution is -2.45. The van der Waals surface area contributed by atoms with E-state index in [4.69, 9.17) is 9.47 Å². The van der Waals surface area contributed by atoms with Crippen LogP contribution in [0.4, 0.5) is 5.82 Å². The molecular weight excluding hydrogens is 206 g/mol. The number of H-pyrrole nitrogens is 1. The Bertz CT molecular complexity index is 361. The van der Waals surface area contributed by atoms with Crippen molar-refractivity contribution in [1.29, 1.82) is 0 Å². The van der Waals surface area contributed by atoms with Gasteiger partial charge in [-0.3, -0.25) is 5.10 Å². The Morgan fingerprint density at radius 3 is 2.56 bits per heavy atom. The molecule has 1 aromatic rings. The lowest BCUT2D eigenvalue weighted by molar-refractivity contribution is -0.169. The van der Waals surface area contributed by atoms with Gasteiger partial charge in [-0.25, -0.2) is 0 Å². The molecule has 0 bridgehead atoms. The van der Waals surface area contributed by atoms with Crippen LogP contribution < -0.4 is 4.90 Å². The van der Waals surface area contributed by atoms with Crippen molar-refractivity contribution in [2.75, 3.05) is 31.2 Å². The number of hydrogen-bond donors (Lipinski definition) is 1. The monoisotopic (exact) mass is 223 g/mol. The van der Waals surface area contributed by atoms with E-state index in [1.54, 1.807) is 0 Å². The molecule has 3 rings (SSSR count). The molecule has 2 fully saturated rings. The van der Waals surface area contributed by atoms with Crippen LogP contribution in [0.15, 0.2) is 6.07 Å². The first-order valence-electron chi connectivity index (χ1n) is 5.82. The molecule has 0 aromatic carbocycles. The van der Waals surface area contributed by atoms with Crippen molar-refractivity contribution in [3.05, 3.63) is 11.8 Å². The minimum atomic E-state index is -0.290. The quantitative estimate of drug-likeness (QED) is 0.773. The zero-order chi connectivity index (χ0) is 11.0. The smallest absolute Gasteiger partial charge is 0.171 e. The van der Waals surface area contributed by atoms with Crippen molar-refractivity contribution >= 4 is 5.82 Å². The summed E-state index contributed by atoms with van der Waals surface area (Å²) in [7, 11) is 0. The van der Waals surface area contributed by atoms with E-state index in [1.807, 2.05) is 6.92 Å². The molecule has 1 N–H and O–H groups in total. The number of hydrogen-bond acceptors (Lipinski definition) is 4. The van der Waals surface area contributed by atoms with Gasteiger partial charge < -0.3 is 14.4 Å². The standard InChI is InChI=1S/C11H17N3O2/c1-9-8-10(13-12-9)14-4-2-11(3-5-14)15-6-7-16-11/h8H,2-7H2,1H3,(H,12,13). The summed E-state index contributed by atoms with van der Waals surface area (Å²) in [5, 5.41) is 7.25. The summed E-state index contributed by atoms with van der Waals surface area (Å²) < 4.78 is 11.4. The predicted octanol–water partition coefficient (Wildman–Crippen LogP) is 1.06. The highest BCUT2D eigenvalue weighted by Crippen LogP contribution is 2.32. The SMILES string of the molecule is Cc1cc(N2CCC3(CC2)OCCO3)n[nH]1. The molecule has 5 nitrogen and oxygen atoms in total. The van der Waals surface area contributed by atoms with E-state index in [0.29, 0.717) is 0 Å². The zero-order valence-corrected chi connectivity index (χ0v) is 9.53. The average Bonchev–Trinajstić information content (AvgIpc) is 2.90. The largest absolute Gasteiger partial charge is 0.355 e. The summed E-state index contributed by atoms with van der Waals surface area (Å²) in [6.45, 7) is 5.39. The van der Waals surface area contributed by atoms with Crippen LogP contribution in [0.1, 0.15) is 18.5 Å². The maximum Gasteiger partial charge on any atom is 0.171 e. The third kappa shape index (κ3) is 1.70. The minimum absolute atomic E-state index is 0.290. The number of anilines is 1. The molecular formula is C11H17N3O2. The van der Waals surface area contributed by atoms with Crippen molar-refractivity contribution in [3.63, 3.8) is 0 Å². The van der Waals surface area contributed by atoms with Gasteiger partial charge in [0, 0.05) is 37.7 Å². The van der Waals surface area contributed by atoms with Crippen molar-refractivity contribution in [3.8, 4) is 0 Å². The van der Waals surface area contributed by atoms with Crippen molar-refractivity contribution in [2.45, 2.75) is 25.6 Å². The van der Waals surface area contributed by atoms with Crippen LogP contribution >= 0.6 is 0 Å². The molecule has 1 spiro atoms. The van der Waals surface area contributed by atoms with Gasteiger partial charge >= 0.3 is 0 Å². The highest BCUT2D eigenvalue weighted by atomic mass is 16.7. The van der Waals surface area contributed by atoms with Gasteiger partial charge in [0.05, 0.1) is 13.2 Å². The number of aromatic amines is 1. The van der Waals surface area contributed by atoms with E-state index in [1.165, 1.54) is 0 Å². The second-order valence-corrected chi connectivity index (χ2v) is 4.50. The summed E-state index contributed by atoms with van der Waals surface area (Å²) in [4.78, 5) is 2.28. The second-order valence-electron chi connectivity index (χ2n) is 4.50. The Labute approximate surface area is 94.7 Å². The van der Waals surface area contributed by atoms with Crippen molar-refractivity contribution < 1.29 is 9.47 Å². The molecule has 0 radical (unpaired) electrons. The Hall–Kier alpha value is -1.07. The topological polar surface area (TPSA) is 50.4 Å². The van der Waals surface area contributed by atoms with Gasteiger partial charge in [-0.2, -0.15) is 5.10 Å². The van der Waals surface area contributed by atoms with Crippen molar-refractivity contribution in [2.24, 2.45) is 0 Å². The van der Waals surface area contributed by atoms with E-state index in [9.17, 15) is 0 Å². The van der Waals surface area contributed by atoms with E-state index in [-0.39, 0.29) is 5.79 Å². The normalized spacial score (nSPS) is 24.2. The van der Waals surface area contributed by atoms with Gasteiger partial charge in [0.25, 0.3) is 0 Å². The molecule has 2 aliphatic heterocycles. The number of aromatic nitrogens is 2. The van der Waals surface area contributed by atoms with Gasteiger partial charge in [-0.15, -0.1) is 0 Å². The molecule has 0 saturated carbocycles. The van der Waals surface area contributed by atoms with E-state index < -0.39 is 0 Å². The summed E-state index contributed by atoms with van der Waals surface area (Å²) in [6, 6.07) is 2.08. The zero-order valence-electron chi connectivity index (χ0n) is 9.53. The molecule has 0 unspecified atom stereocenters. The first-order valence-corrected chi connectivity index (χ1v) is 5.82. The average molecular weight is 223 g/mol. The molecule has 88 valence electrons. The maximum atomic E-state index is 5.69. The van der Waals surface area contributed by atoms with Crippen LogP contribution in [0, 0.1) is 6.92 Å². The molecule has 5 heteroatoms. The van der Waals surface area contributed by atoms with Crippen LogP contribution in [0.2, 0.25) is 0 Å². The van der Waals surface area contributed by atoms with Crippen LogP contribution in [0.3, 0.4) is 0 Å². The number of rotatable bonds is 1. The number of nitrogens with one attached hydrogen (secondary N) is 1. The van der Waals surface area contributed by atoms with Gasteiger partial charge in [-0.1, -0.05) is 0 Å². The van der Waals surface area contributed by atoms with Crippen LogP contribution in [0.5, 0.6) is 0 Å². The molecule has 16 heavy (non-hydrogen) atoms. The summed E-state index contributed by atoms with van der Waals surface area (Å²) in [5.41, 5.74) is 1.10. The van der Waals surface area contributed by atoms with E-state index >= 15 is 0 Å². The van der Waals surface area contributed by atoms with Crippen LogP contribution in [0.25, 0.3) is 0 Å². The highest BCUT2D eigenvalue weighted by Gasteiger charge is 2.40. The number of aryl methyl sites for hydroxylation is 1. The maximum absolute atomic E-state index is 5.69. The second kappa shape index (κ2) is 3.75. The third-order valence-corrected chi connectivity index (χ3v) is 3.36. The highest BCUT2D eigenvalue weighted by molar-refractivity contribution is 5.39. The Balaban J connectivity index is 1.66. The fourth-order valence-corrected chi connectivity index (χ4v) is 2.43. The Morgan fingerprint density at radius 2 is 2.00 bits per heavy atom. The lowest BCUT2D eigenvalue weighted by atomic mass is 10.0. The molecule has 3 heterocycles. The number of piperidine rings is 1. The summed E-state index contributed by atoms with van der Waals surface area (Å²) in [6.07, 6.45) is 1.86. The first kappa shape index (κ1) is 10.1. The lowest BCUT2D eigenvalue weighted by Gasteiger charge is -2.37. The fraction of sp³-hybridized carbons (Fsp3) is 0.727. The third-order valence-electron chi connectivity index (χ3n) is 3.36. The molecule has 1 aromatic heterocycles. The van der Waals surface area contributed by atoms with Crippen molar-refractivity contribution in [1.82, 2.24) is 10.2 Å². The summed E-state index contributed by atoms with van der Waals surface area (Å²) >= 11 is 0. The van der Waals surface area contributed by atoms with Crippen LogP contribution in [-0.2, 0) is 9.47 Å². The first-order chi connectivity index (χ1) is 7.77. The predicted molar refractivity (Wildman–Crippen MR) is 59.4 cm³/mol. The molecule has 0 amide bonds. The molecule has 0 atom stereocenters. The fourth-order valence-electron chi connectivity index (χ4n) is 2.43. The molecule has 0 aliphatic carbocycles. The van der Waals surface area contributed by atoms with Gasteiger partial charge in [0.1, 0.15) is 0 Å². The summed E-state index contributed by atoms with van der Waals surface area (Å²) in [5.74, 6) is 0.743. The van der Waals surface area contributed by atoms with Gasteiger partial charge in [0.2, 0.25) is 0 Å². The Morgan fingerprint density at radius 1 is 1.31 bits per heavy atom. The molecule has 2 aliphatic rings. The number of nitrogens with zero attached hydrogens (tertiary/aromatic N) is 2. The van der Waals surface area contributed by atoms with E-state index in [2.05, 4.69) is 21.2 Å². The number of ether oxygens (including phenoxy) is 2. The van der Waals surface area contributed by atoms with E-state index in [0.717, 1.165) is 50.7 Å². The minimum Gasteiger partial charge on any atom is -0.355 e. The van der Waals surface area contributed by atoms with Gasteiger partial charge in [-0.05, 0) is 6.92 Å². The van der Waals surface area contributed by atoms with Crippen LogP contribution in [-0.4, -0.2) is 42.3 Å². The van der Waals surface area contributed by atoms with Gasteiger partial charge in [0.15, 0.2) is 11.6 Å². The molecule has 2 saturated heterocycles. The Kier molecular flexibility index (Phi) is 2.37.